The highest BCUT2D eigenvalue weighted by atomic mass is 19.1. The van der Waals surface area contributed by atoms with Crippen molar-refractivity contribution < 1.29 is 9.50 Å². The molecule has 0 saturated carbocycles. The molecule has 1 fully saturated rings. The zero-order valence-corrected chi connectivity index (χ0v) is 12.7. The topological polar surface area (TPSA) is 23.5 Å². The highest BCUT2D eigenvalue weighted by molar-refractivity contribution is 5.49. The summed E-state index contributed by atoms with van der Waals surface area (Å²) in [5, 5.41) is 9.93. The molecule has 1 saturated heterocycles. The third kappa shape index (κ3) is 2.03. The first-order valence-electron chi connectivity index (χ1n) is 7.93. The molecule has 1 heterocycles. The quantitative estimate of drug-likeness (QED) is 0.858. The molecule has 3 unspecified atom stereocenters. The maximum atomic E-state index is 13.3. The van der Waals surface area contributed by atoms with Crippen LogP contribution >= 0.6 is 0 Å². The molecule has 1 N–H and O–H groups in total. The van der Waals surface area contributed by atoms with E-state index in [0.717, 1.165) is 12.1 Å². The van der Waals surface area contributed by atoms with Crippen molar-refractivity contribution in [1.29, 1.82) is 0 Å². The van der Waals surface area contributed by atoms with E-state index >= 15 is 0 Å². The van der Waals surface area contributed by atoms with E-state index in [0.29, 0.717) is 17.7 Å². The fraction of sp³-hybridized carbons (Fsp3) is 0.368. The van der Waals surface area contributed by atoms with Gasteiger partial charge in [0.1, 0.15) is 11.6 Å². The van der Waals surface area contributed by atoms with Crippen molar-refractivity contribution in [3.05, 3.63) is 65.0 Å². The van der Waals surface area contributed by atoms with Gasteiger partial charge in [-0.05, 0) is 73.3 Å². The van der Waals surface area contributed by atoms with Crippen LogP contribution in [0.25, 0.3) is 0 Å². The van der Waals surface area contributed by atoms with Gasteiger partial charge in [0.05, 0.1) is 0 Å². The van der Waals surface area contributed by atoms with Gasteiger partial charge >= 0.3 is 0 Å². The fourth-order valence-corrected chi connectivity index (χ4v) is 4.45. The smallest absolute Gasteiger partial charge is 0.123 e. The van der Waals surface area contributed by atoms with Crippen LogP contribution < -0.4 is 0 Å². The molecule has 3 heteroatoms. The van der Waals surface area contributed by atoms with E-state index in [9.17, 15) is 9.50 Å². The second-order valence-electron chi connectivity index (χ2n) is 6.57. The number of rotatable bonds is 1. The number of phenolic OH excluding ortho intramolecular Hbond substituents is 1. The van der Waals surface area contributed by atoms with E-state index in [4.69, 9.17) is 0 Å². The summed E-state index contributed by atoms with van der Waals surface area (Å²) in [4.78, 5) is 2.42. The molecular weight excluding hydrogens is 277 g/mol. The summed E-state index contributed by atoms with van der Waals surface area (Å²) in [6.07, 6.45) is 2.36. The van der Waals surface area contributed by atoms with Crippen LogP contribution in [0.2, 0.25) is 0 Å². The van der Waals surface area contributed by atoms with E-state index in [1.807, 2.05) is 18.2 Å². The molecule has 2 aromatic carbocycles. The molecule has 114 valence electrons. The Labute approximate surface area is 130 Å². The standard InChI is InChI=1S/C19H20FNO/c1-21-10-2-3-16-18(12-4-6-13(20)7-5-12)17-11-14(22)8-9-15(17)19(16)21/h4-9,11,16,18-19,22H,2-3,10H2,1H3. The van der Waals surface area contributed by atoms with Crippen LogP contribution in [0.15, 0.2) is 42.5 Å². The Balaban J connectivity index is 1.86. The average molecular weight is 297 g/mol. The third-order valence-electron chi connectivity index (χ3n) is 5.31. The molecule has 0 bridgehead atoms. The minimum absolute atomic E-state index is 0.199. The number of nitrogens with zero attached hydrogens (tertiary/aromatic N) is 1. The van der Waals surface area contributed by atoms with Gasteiger partial charge in [-0.2, -0.15) is 0 Å². The van der Waals surface area contributed by atoms with Crippen LogP contribution in [-0.2, 0) is 0 Å². The number of phenols is 1. The van der Waals surface area contributed by atoms with Gasteiger partial charge < -0.3 is 5.11 Å². The lowest BCUT2D eigenvalue weighted by Crippen LogP contribution is -2.34. The third-order valence-corrected chi connectivity index (χ3v) is 5.31. The Kier molecular flexibility index (Phi) is 3.19. The van der Waals surface area contributed by atoms with Crippen molar-refractivity contribution in [2.45, 2.75) is 24.8 Å². The van der Waals surface area contributed by atoms with Gasteiger partial charge in [0.25, 0.3) is 0 Å². The molecule has 0 radical (unpaired) electrons. The zero-order valence-electron chi connectivity index (χ0n) is 12.7. The fourth-order valence-electron chi connectivity index (χ4n) is 4.45. The molecular formula is C19H20FNO. The van der Waals surface area contributed by atoms with Crippen LogP contribution in [0.5, 0.6) is 5.75 Å². The van der Waals surface area contributed by atoms with Crippen LogP contribution in [0.3, 0.4) is 0 Å². The summed E-state index contributed by atoms with van der Waals surface area (Å²) in [5.74, 6) is 0.860. The highest BCUT2D eigenvalue weighted by Crippen LogP contribution is 2.54. The average Bonchev–Trinajstić information content (AvgIpc) is 2.83. The molecule has 2 nitrogen and oxygen atoms in total. The second-order valence-corrected chi connectivity index (χ2v) is 6.57. The lowest BCUT2D eigenvalue weighted by molar-refractivity contribution is 0.127. The van der Waals surface area contributed by atoms with Crippen LogP contribution in [0.1, 0.15) is 41.5 Å². The molecule has 0 aromatic heterocycles. The van der Waals surface area contributed by atoms with Gasteiger partial charge in [0.15, 0.2) is 0 Å². The van der Waals surface area contributed by atoms with Gasteiger partial charge in [0.2, 0.25) is 0 Å². The predicted molar refractivity (Wildman–Crippen MR) is 84.4 cm³/mol. The summed E-state index contributed by atoms with van der Waals surface area (Å²) in [6, 6.07) is 13.0. The summed E-state index contributed by atoms with van der Waals surface area (Å²) in [6.45, 7) is 1.11. The Bertz CT molecular complexity index is 697. The summed E-state index contributed by atoms with van der Waals surface area (Å²) in [5.41, 5.74) is 3.67. The molecule has 0 spiro atoms. The Morgan fingerprint density at radius 2 is 1.86 bits per heavy atom. The molecule has 2 aliphatic rings. The van der Waals surface area contributed by atoms with Crippen molar-refractivity contribution in [2.24, 2.45) is 5.92 Å². The van der Waals surface area contributed by atoms with Crippen LogP contribution in [0, 0.1) is 11.7 Å². The first-order valence-corrected chi connectivity index (χ1v) is 7.93. The zero-order chi connectivity index (χ0) is 15.3. The first kappa shape index (κ1) is 13.8. The van der Waals surface area contributed by atoms with Gasteiger partial charge in [-0.25, -0.2) is 4.39 Å². The molecule has 1 aliphatic heterocycles. The molecule has 2 aromatic rings. The van der Waals surface area contributed by atoms with Crippen molar-refractivity contribution in [1.82, 2.24) is 4.90 Å². The maximum Gasteiger partial charge on any atom is 0.123 e. The van der Waals surface area contributed by atoms with Crippen molar-refractivity contribution in [3.63, 3.8) is 0 Å². The molecule has 3 atom stereocenters. The van der Waals surface area contributed by atoms with Gasteiger partial charge in [-0.1, -0.05) is 18.2 Å². The molecule has 0 amide bonds. The van der Waals surface area contributed by atoms with Crippen molar-refractivity contribution in [2.75, 3.05) is 13.6 Å². The SMILES string of the molecule is CN1CCCC2C(c3ccc(F)cc3)c3cc(O)ccc3C21. The monoisotopic (exact) mass is 297 g/mol. The second kappa shape index (κ2) is 5.10. The van der Waals surface area contributed by atoms with Crippen molar-refractivity contribution >= 4 is 0 Å². The van der Waals surface area contributed by atoms with E-state index in [1.165, 1.54) is 36.1 Å². The molecule has 22 heavy (non-hydrogen) atoms. The normalized spacial score (nSPS) is 27.5. The summed E-state index contributed by atoms with van der Waals surface area (Å²) in [7, 11) is 2.18. The van der Waals surface area contributed by atoms with Crippen LogP contribution in [-0.4, -0.2) is 23.6 Å². The van der Waals surface area contributed by atoms with Crippen LogP contribution in [0.4, 0.5) is 4.39 Å². The van der Waals surface area contributed by atoms with E-state index < -0.39 is 0 Å². The van der Waals surface area contributed by atoms with E-state index in [1.54, 1.807) is 6.07 Å². The largest absolute Gasteiger partial charge is 0.508 e. The Morgan fingerprint density at radius 1 is 1.09 bits per heavy atom. The number of fused-ring (bicyclic) bond motifs is 3. The molecule has 1 aliphatic carbocycles. The number of halogens is 1. The Morgan fingerprint density at radius 3 is 2.64 bits per heavy atom. The first-order chi connectivity index (χ1) is 10.6. The lowest BCUT2D eigenvalue weighted by atomic mass is 9.80. The van der Waals surface area contributed by atoms with E-state index in [-0.39, 0.29) is 11.7 Å². The number of piperidine rings is 1. The van der Waals surface area contributed by atoms with Gasteiger partial charge in [0, 0.05) is 12.0 Å². The lowest BCUT2D eigenvalue weighted by Gasteiger charge is -2.37. The minimum Gasteiger partial charge on any atom is -0.508 e. The van der Waals surface area contributed by atoms with Crippen molar-refractivity contribution in [3.8, 4) is 5.75 Å². The number of hydrogen-bond acceptors (Lipinski definition) is 2. The number of hydrogen-bond donors (Lipinski definition) is 1. The van der Waals surface area contributed by atoms with E-state index in [2.05, 4.69) is 18.0 Å². The summed E-state index contributed by atoms with van der Waals surface area (Å²) >= 11 is 0. The predicted octanol–water partition coefficient (Wildman–Crippen LogP) is 4.06. The van der Waals surface area contributed by atoms with Gasteiger partial charge in [-0.3, -0.25) is 4.90 Å². The number of benzene rings is 2. The number of aromatic hydroxyl groups is 1. The minimum atomic E-state index is -0.199. The maximum absolute atomic E-state index is 13.3. The highest BCUT2D eigenvalue weighted by Gasteiger charge is 2.44. The van der Waals surface area contributed by atoms with Gasteiger partial charge in [-0.15, -0.1) is 0 Å². The Hall–Kier alpha value is -1.87. The molecule has 4 rings (SSSR count). The number of likely N-dealkylation sites (tertiary alicyclic amines) is 1. The summed E-state index contributed by atoms with van der Waals surface area (Å²) < 4.78 is 13.3.